The molecule has 1 aromatic rings. The molecular weight excluding hydrogens is 299 g/mol. The maximum atomic E-state index is 13.5. The van der Waals surface area contributed by atoms with E-state index in [9.17, 15) is 9.18 Å². The van der Waals surface area contributed by atoms with Gasteiger partial charge in [0.15, 0.2) is 0 Å². The molecule has 0 saturated heterocycles. The van der Waals surface area contributed by atoms with Crippen LogP contribution in [0.15, 0.2) is 22.7 Å². The minimum Gasteiger partial charge on any atom is -0.345 e. The van der Waals surface area contributed by atoms with Gasteiger partial charge >= 0.3 is 0 Å². The Labute approximate surface area is 114 Å². The summed E-state index contributed by atoms with van der Waals surface area (Å²) in [7, 11) is 1.66. The highest BCUT2D eigenvalue weighted by atomic mass is 79.9. The highest BCUT2D eigenvalue weighted by Crippen LogP contribution is 2.16. The minimum atomic E-state index is -0.268. The summed E-state index contributed by atoms with van der Waals surface area (Å²) >= 11 is 3.28. The molecule has 0 aliphatic heterocycles. The lowest BCUT2D eigenvalue weighted by molar-refractivity contribution is -0.129. The van der Waals surface area contributed by atoms with Crippen LogP contribution < -0.4 is 0 Å². The molecule has 0 radical (unpaired) electrons. The van der Waals surface area contributed by atoms with Gasteiger partial charge in [-0.3, -0.25) is 4.79 Å². The first-order valence-corrected chi connectivity index (χ1v) is 6.38. The molecule has 0 unspecified atom stereocenters. The van der Waals surface area contributed by atoms with Gasteiger partial charge in [0, 0.05) is 30.9 Å². The molecule has 18 heavy (non-hydrogen) atoms. The maximum absolute atomic E-state index is 13.5. The van der Waals surface area contributed by atoms with Crippen molar-refractivity contribution in [3.8, 4) is 6.07 Å². The number of hydrogen-bond acceptors (Lipinski definition) is 2. The normalized spacial score (nSPS) is 9.89. The van der Waals surface area contributed by atoms with E-state index in [-0.39, 0.29) is 24.6 Å². The molecule has 0 atom stereocenters. The smallest absolute Gasteiger partial charge is 0.223 e. The van der Waals surface area contributed by atoms with Crippen molar-refractivity contribution in [2.45, 2.75) is 19.3 Å². The molecule has 0 fully saturated rings. The molecule has 1 rings (SSSR count). The lowest BCUT2D eigenvalue weighted by Gasteiger charge is -2.16. The van der Waals surface area contributed by atoms with Crippen LogP contribution in [0.25, 0.3) is 0 Å². The number of rotatable bonds is 5. The van der Waals surface area contributed by atoms with Gasteiger partial charge in [-0.15, -0.1) is 0 Å². The first kappa shape index (κ1) is 14.7. The number of halogens is 2. The Hall–Kier alpha value is -1.41. The zero-order valence-corrected chi connectivity index (χ0v) is 11.7. The Bertz CT molecular complexity index is 471. The standard InChI is InChI=1S/C13H14BrFN2O/c1-17(13(18)3-2-7-16)8-6-10-9-11(14)4-5-12(10)15/h4-5,9H,2-3,6,8H2,1H3. The summed E-state index contributed by atoms with van der Waals surface area (Å²) in [5.74, 6) is -0.358. The van der Waals surface area contributed by atoms with E-state index in [4.69, 9.17) is 5.26 Å². The van der Waals surface area contributed by atoms with Gasteiger partial charge in [-0.2, -0.15) is 5.26 Å². The van der Waals surface area contributed by atoms with Crippen molar-refractivity contribution >= 4 is 21.8 Å². The first-order chi connectivity index (χ1) is 8.54. The number of likely N-dealkylation sites (N-methyl/N-ethyl adjacent to an activating group) is 1. The molecule has 0 N–H and O–H groups in total. The molecule has 0 bridgehead atoms. The molecule has 96 valence electrons. The van der Waals surface area contributed by atoms with E-state index in [2.05, 4.69) is 15.9 Å². The largest absolute Gasteiger partial charge is 0.345 e. The molecule has 0 aliphatic carbocycles. The van der Waals surface area contributed by atoms with Crippen molar-refractivity contribution in [3.63, 3.8) is 0 Å². The Balaban J connectivity index is 2.52. The van der Waals surface area contributed by atoms with E-state index in [1.165, 1.54) is 11.0 Å². The van der Waals surface area contributed by atoms with Gasteiger partial charge < -0.3 is 4.90 Å². The van der Waals surface area contributed by atoms with Crippen molar-refractivity contribution in [1.82, 2.24) is 4.90 Å². The number of carbonyl (C=O) groups excluding carboxylic acids is 1. The second-order valence-corrected chi connectivity index (χ2v) is 4.87. The van der Waals surface area contributed by atoms with Gasteiger partial charge in [0.2, 0.25) is 5.91 Å². The van der Waals surface area contributed by atoms with E-state index in [1.54, 1.807) is 19.2 Å². The van der Waals surface area contributed by atoms with Crippen LogP contribution in [-0.4, -0.2) is 24.4 Å². The van der Waals surface area contributed by atoms with Gasteiger partial charge in [0.05, 0.1) is 6.07 Å². The zero-order chi connectivity index (χ0) is 13.5. The molecule has 0 spiro atoms. The van der Waals surface area contributed by atoms with E-state index in [0.717, 1.165) is 4.47 Å². The van der Waals surface area contributed by atoms with E-state index in [1.807, 2.05) is 6.07 Å². The van der Waals surface area contributed by atoms with Crippen molar-refractivity contribution < 1.29 is 9.18 Å². The number of amides is 1. The number of nitriles is 1. The fourth-order valence-corrected chi connectivity index (χ4v) is 1.91. The zero-order valence-electron chi connectivity index (χ0n) is 10.1. The molecule has 0 saturated carbocycles. The Morgan fingerprint density at radius 1 is 1.56 bits per heavy atom. The predicted molar refractivity (Wildman–Crippen MR) is 70.3 cm³/mol. The molecule has 0 aliphatic rings. The van der Waals surface area contributed by atoms with Crippen LogP contribution in [0.3, 0.4) is 0 Å². The quantitative estimate of drug-likeness (QED) is 0.839. The van der Waals surface area contributed by atoms with Gasteiger partial charge in [0.1, 0.15) is 5.82 Å². The SMILES string of the molecule is CN(CCc1cc(Br)ccc1F)C(=O)CCC#N. The second kappa shape index (κ2) is 7.12. The Morgan fingerprint density at radius 2 is 2.28 bits per heavy atom. The van der Waals surface area contributed by atoms with E-state index >= 15 is 0 Å². The summed E-state index contributed by atoms with van der Waals surface area (Å²) in [5, 5.41) is 8.40. The van der Waals surface area contributed by atoms with Crippen LogP contribution in [0.4, 0.5) is 4.39 Å². The van der Waals surface area contributed by atoms with Crippen molar-refractivity contribution in [1.29, 1.82) is 5.26 Å². The number of carbonyl (C=O) groups is 1. The fourth-order valence-electron chi connectivity index (χ4n) is 1.50. The summed E-state index contributed by atoms with van der Waals surface area (Å²) in [6.07, 6.45) is 0.891. The minimum absolute atomic E-state index is 0.0908. The Morgan fingerprint density at radius 3 is 2.94 bits per heavy atom. The third-order valence-corrected chi connectivity index (χ3v) is 3.09. The molecule has 5 heteroatoms. The monoisotopic (exact) mass is 312 g/mol. The van der Waals surface area contributed by atoms with Gasteiger partial charge in [-0.05, 0) is 30.2 Å². The summed E-state index contributed by atoms with van der Waals surface area (Å²) in [4.78, 5) is 13.1. The average Bonchev–Trinajstić information content (AvgIpc) is 2.36. The van der Waals surface area contributed by atoms with Crippen LogP contribution in [-0.2, 0) is 11.2 Å². The summed E-state index contributed by atoms with van der Waals surface area (Å²) in [5.41, 5.74) is 0.573. The molecule has 0 aromatic heterocycles. The Kier molecular flexibility index (Phi) is 5.79. The van der Waals surface area contributed by atoms with Gasteiger partial charge in [0.25, 0.3) is 0 Å². The average molecular weight is 313 g/mol. The van der Waals surface area contributed by atoms with Crippen molar-refractivity contribution in [2.24, 2.45) is 0 Å². The number of nitrogens with zero attached hydrogens (tertiary/aromatic N) is 2. The van der Waals surface area contributed by atoms with Crippen LogP contribution in [0, 0.1) is 17.1 Å². The van der Waals surface area contributed by atoms with Crippen molar-refractivity contribution in [2.75, 3.05) is 13.6 Å². The fraction of sp³-hybridized carbons (Fsp3) is 0.385. The molecule has 0 heterocycles. The van der Waals surface area contributed by atoms with Crippen LogP contribution in [0.5, 0.6) is 0 Å². The third kappa shape index (κ3) is 4.46. The third-order valence-electron chi connectivity index (χ3n) is 2.60. The summed E-state index contributed by atoms with van der Waals surface area (Å²) in [6.45, 7) is 0.442. The van der Waals surface area contributed by atoms with Gasteiger partial charge in [-0.1, -0.05) is 15.9 Å². The highest BCUT2D eigenvalue weighted by molar-refractivity contribution is 9.10. The number of benzene rings is 1. The van der Waals surface area contributed by atoms with Gasteiger partial charge in [-0.25, -0.2) is 4.39 Å². The van der Waals surface area contributed by atoms with Crippen LogP contribution in [0.2, 0.25) is 0 Å². The van der Waals surface area contributed by atoms with Crippen LogP contribution in [0.1, 0.15) is 18.4 Å². The predicted octanol–water partition coefficient (Wildman–Crippen LogP) is 2.89. The summed E-state index contributed by atoms with van der Waals surface area (Å²) in [6, 6.07) is 6.68. The van der Waals surface area contributed by atoms with E-state index in [0.29, 0.717) is 18.5 Å². The van der Waals surface area contributed by atoms with Crippen LogP contribution >= 0.6 is 15.9 Å². The molecular formula is C13H14BrFN2O. The first-order valence-electron chi connectivity index (χ1n) is 5.59. The summed E-state index contributed by atoms with van der Waals surface area (Å²) < 4.78 is 14.3. The molecule has 3 nitrogen and oxygen atoms in total. The second-order valence-electron chi connectivity index (χ2n) is 3.96. The lowest BCUT2D eigenvalue weighted by atomic mass is 10.1. The topological polar surface area (TPSA) is 44.1 Å². The molecule has 1 aromatic carbocycles. The van der Waals surface area contributed by atoms with Crippen molar-refractivity contribution in [3.05, 3.63) is 34.1 Å². The van der Waals surface area contributed by atoms with E-state index < -0.39 is 0 Å². The lowest BCUT2D eigenvalue weighted by Crippen LogP contribution is -2.28. The maximum Gasteiger partial charge on any atom is 0.223 e. The highest BCUT2D eigenvalue weighted by Gasteiger charge is 2.10. The number of hydrogen-bond donors (Lipinski definition) is 0. The molecule has 1 amide bonds.